The van der Waals surface area contributed by atoms with Crippen molar-refractivity contribution < 1.29 is 35.9 Å². The number of benzene rings is 1. The first-order valence-corrected chi connectivity index (χ1v) is 5.17. The minimum absolute atomic E-state index is 0.344. The van der Waals surface area contributed by atoms with Gasteiger partial charge in [0.2, 0.25) is 0 Å². The lowest BCUT2D eigenvalue weighted by molar-refractivity contribution is -0.182. The first-order valence-electron chi connectivity index (χ1n) is 5.17. The van der Waals surface area contributed by atoms with Gasteiger partial charge in [0.25, 0.3) is 0 Å². The van der Waals surface area contributed by atoms with Gasteiger partial charge in [0.05, 0.1) is 5.56 Å². The first-order chi connectivity index (χ1) is 9.09. The Morgan fingerprint density at radius 3 is 2.25 bits per heavy atom. The van der Waals surface area contributed by atoms with Crippen LogP contribution in [0.15, 0.2) is 30.3 Å². The summed E-state index contributed by atoms with van der Waals surface area (Å²) in [6.45, 7) is -1.79. The summed E-state index contributed by atoms with van der Waals surface area (Å²) in [4.78, 5) is 10.9. The third-order valence-corrected chi connectivity index (χ3v) is 2.04. The number of alkyl halides is 6. The third-order valence-electron chi connectivity index (χ3n) is 2.04. The highest BCUT2D eigenvalue weighted by Crippen LogP contribution is 2.32. The average Bonchev–Trinajstić information content (AvgIpc) is 2.32. The molecule has 0 atom stereocenters. The monoisotopic (exact) mass is 298 g/mol. The molecule has 2 nitrogen and oxygen atoms in total. The molecule has 0 aliphatic carbocycles. The molecule has 0 aromatic heterocycles. The van der Waals surface area contributed by atoms with Crippen LogP contribution < -0.4 is 0 Å². The van der Waals surface area contributed by atoms with E-state index in [0.29, 0.717) is 6.08 Å². The van der Waals surface area contributed by atoms with Gasteiger partial charge in [-0.3, -0.25) is 0 Å². The predicted octanol–water partition coefficient (Wildman–Crippen LogP) is 3.82. The minimum atomic E-state index is -4.69. The van der Waals surface area contributed by atoms with Crippen LogP contribution >= 0.6 is 0 Å². The molecule has 0 spiro atoms. The standard InChI is InChI=1S/C12H8F6O2/c13-11(14,15)7-20-10(19)6-5-8-3-1-2-4-9(8)12(16,17)18/h1-6H,7H2. The Morgan fingerprint density at radius 1 is 1.10 bits per heavy atom. The highest BCUT2D eigenvalue weighted by molar-refractivity contribution is 5.87. The number of ether oxygens (including phenoxy) is 1. The van der Waals surface area contributed by atoms with E-state index in [2.05, 4.69) is 4.74 Å². The zero-order valence-electron chi connectivity index (χ0n) is 9.76. The topological polar surface area (TPSA) is 26.3 Å². The lowest BCUT2D eigenvalue weighted by atomic mass is 10.1. The normalized spacial score (nSPS) is 12.7. The molecule has 8 heteroatoms. The number of rotatable bonds is 3. The molecule has 0 heterocycles. The van der Waals surface area contributed by atoms with Gasteiger partial charge in [-0.1, -0.05) is 18.2 Å². The Balaban J connectivity index is 2.79. The first kappa shape index (κ1) is 16.1. The zero-order chi connectivity index (χ0) is 15.4. The molecule has 110 valence electrons. The van der Waals surface area contributed by atoms with Gasteiger partial charge in [0, 0.05) is 6.08 Å². The molecule has 1 aromatic carbocycles. The fourth-order valence-electron chi connectivity index (χ4n) is 1.26. The molecule has 0 amide bonds. The Kier molecular flexibility index (Phi) is 4.80. The lowest BCUT2D eigenvalue weighted by Crippen LogP contribution is -2.19. The largest absolute Gasteiger partial charge is 0.453 e. The van der Waals surface area contributed by atoms with Gasteiger partial charge in [-0.15, -0.1) is 0 Å². The van der Waals surface area contributed by atoms with Crippen LogP contribution in [0.25, 0.3) is 6.08 Å². The van der Waals surface area contributed by atoms with Gasteiger partial charge in [0.15, 0.2) is 6.61 Å². The molecule has 0 saturated heterocycles. The number of carbonyl (C=O) groups is 1. The SMILES string of the molecule is O=C(C=Cc1ccccc1C(F)(F)F)OCC(F)(F)F. The quantitative estimate of drug-likeness (QED) is 0.482. The van der Waals surface area contributed by atoms with Crippen LogP contribution in [0.4, 0.5) is 26.3 Å². The molecule has 0 N–H and O–H groups in total. The van der Waals surface area contributed by atoms with E-state index in [1.54, 1.807) is 0 Å². The number of hydrogen-bond acceptors (Lipinski definition) is 2. The van der Waals surface area contributed by atoms with Crippen LogP contribution in [0.3, 0.4) is 0 Å². The molecule has 0 aliphatic heterocycles. The van der Waals surface area contributed by atoms with Gasteiger partial charge < -0.3 is 4.74 Å². The fraction of sp³-hybridized carbons (Fsp3) is 0.250. The lowest BCUT2D eigenvalue weighted by Gasteiger charge is -2.09. The van der Waals surface area contributed by atoms with Gasteiger partial charge in [-0.25, -0.2) is 4.79 Å². The Bertz CT molecular complexity index is 501. The second kappa shape index (κ2) is 5.98. The Morgan fingerprint density at radius 2 is 1.70 bits per heavy atom. The van der Waals surface area contributed by atoms with Crippen molar-refractivity contribution in [2.24, 2.45) is 0 Å². The summed E-state index contributed by atoms with van der Waals surface area (Å²) in [6.07, 6.45) is -8.05. The van der Waals surface area contributed by atoms with Crippen molar-refractivity contribution >= 4 is 12.0 Å². The molecule has 1 aromatic rings. The summed E-state index contributed by atoms with van der Waals surface area (Å²) in [7, 11) is 0. The molecular weight excluding hydrogens is 290 g/mol. The van der Waals surface area contributed by atoms with Crippen LogP contribution in [0.5, 0.6) is 0 Å². The van der Waals surface area contributed by atoms with E-state index >= 15 is 0 Å². The summed E-state index contributed by atoms with van der Waals surface area (Å²) < 4.78 is 76.8. The highest BCUT2D eigenvalue weighted by Gasteiger charge is 2.32. The van der Waals surface area contributed by atoms with Crippen molar-refractivity contribution in [2.75, 3.05) is 6.61 Å². The predicted molar refractivity (Wildman–Crippen MR) is 57.5 cm³/mol. The van der Waals surface area contributed by atoms with E-state index in [0.717, 1.165) is 24.3 Å². The molecule has 0 fully saturated rings. The van der Waals surface area contributed by atoms with E-state index in [4.69, 9.17) is 0 Å². The van der Waals surface area contributed by atoms with Gasteiger partial charge in [0.1, 0.15) is 0 Å². The Hall–Kier alpha value is -1.99. The third kappa shape index (κ3) is 5.33. The number of hydrogen-bond donors (Lipinski definition) is 0. The maximum Gasteiger partial charge on any atom is 0.422 e. The maximum absolute atomic E-state index is 12.6. The van der Waals surface area contributed by atoms with Crippen LogP contribution in [0.1, 0.15) is 11.1 Å². The van der Waals surface area contributed by atoms with E-state index in [9.17, 15) is 31.1 Å². The van der Waals surface area contributed by atoms with Crippen LogP contribution in [-0.4, -0.2) is 18.8 Å². The van der Waals surface area contributed by atoms with Crippen molar-refractivity contribution in [3.05, 3.63) is 41.5 Å². The summed E-state index contributed by atoms with van der Waals surface area (Å²) >= 11 is 0. The van der Waals surface area contributed by atoms with E-state index in [1.165, 1.54) is 6.07 Å². The molecular formula is C12H8F6O2. The molecule has 0 radical (unpaired) electrons. The summed E-state index contributed by atoms with van der Waals surface area (Å²) in [5, 5.41) is 0. The maximum atomic E-state index is 12.6. The van der Waals surface area contributed by atoms with Crippen LogP contribution in [0.2, 0.25) is 0 Å². The smallest absolute Gasteiger partial charge is 0.422 e. The van der Waals surface area contributed by atoms with Crippen molar-refractivity contribution in [3.8, 4) is 0 Å². The average molecular weight is 298 g/mol. The van der Waals surface area contributed by atoms with Crippen molar-refractivity contribution in [3.63, 3.8) is 0 Å². The minimum Gasteiger partial charge on any atom is -0.453 e. The number of esters is 1. The van der Waals surface area contributed by atoms with Gasteiger partial charge >= 0.3 is 18.3 Å². The molecule has 0 bridgehead atoms. The second-order valence-corrected chi connectivity index (χ2v) is 3.64. The van der Waals surface area contributed by atoms with Crippen molar-refractivity contribution in [1.29, 1.82) is 0 Å². The molecule has 0 saturated carbocycles. The van der Waals surface area contributed by atoms with Crippen molar-refractivity contribution in [1.82, 2.24) is 0 Å². The highest BCUT2D eigenvalue weighted by atomic mass is 19.4. The molecule has 0 unspecified atom stereocenters. The number of carbonyl (C=O) groups excluding carboxylic acids is 1. The number of halogens is 6. The molecule has 1 rings (SSSR count). The van der Waals surface area contributed by atoms with Gasteiger partial charge in [-0.05, 0) is 17.7 Å². The van der Waals surface area contributed by atoms with Crippen molar-refractivity contribution in [2.45, 2.75) is 12.4 Å². The van der Waals surface area contributed by atoms with E-state index < -0.39 is 30.5 Å². The Labute approximate surface area is 109 Å². The summed E-state index contributed by atoms with van der Waals surface area (Å²) in [5.74, 6) is -1.38. The second-order valence-electron chi connectivity index (χ2n) is 3.64. The summed E-state index contributed by atoms with van der Waals surface area (Å²) in [5.41, 5.74) is -1.34. The van der Waals surface area contributed by atoms with Crippen LogP contribution in [-0.2, 0) is 15.7 Å². The fourth-order valence-corrected chi connectivity index (χ4v) is 1.26. The van der Waals surface area contributed by atoms with E-state index in [1.807, 2.05) is 0 Å². The van der Waals surface area contributed by atoms with E-state index in [-0.39, 0.29) is 5.56 Å². The molecule has 0 aliphatic rings. The van der Waals surface area contributed by atoms with Crippen LogP contribution in [0, 0.1) is 0 Å². The zero-order valence-corrected chi connectivity index (χ0v) is 9.76. The summed E-state index contributed by atoms with van der Waals surface area (Å²) in [6, 6.07) is 4.33. The van der Waals surface area contributed by atoms with Gasteiger partial charge in [-0.2, -0.15) is 26.3 Å². The molecule has 20 heavy (non-hydrogen) atoms.